The van der Waals surface area contributed by atoms with Crippen molar-refractivity contribution in [1.29, 1.82) is 0 Å². The quantitative estimate of drug-likeness (QED) is 0.183. The van der Waals surface area contributed by atoms with E-state index >= 15 is 0 Å². The molecule has 222 valence electrons. The minimum absolute atomic E-state index is 0.0703. The standard InChI is InChI=1S/C35H40F6/c1-2-3-30(36)34(40)27-16-17-29(31(37)18-27)26-14-12-24(13-15-26)22-6-4-21(5-7-22)23-8-10-25(11-9-23)28-19-32(38)35(41)33(39)20-28/h2-3,16-26H,4-15H2,1H3/b3-2+,34-30+. The second kappa shape index (κ2) is 13.2. The third kappa shape index (κ3) is 6.78. The Hall–Kier alpha value is -2.50. The molecule has 0 amide bonds. The molecule has 3 aliphatic rings. The summed E-state index contributed by atoms with van der Waals surface area (Å²) in [7, 11) is 0. The Balaban J connectivity index is 1.08. The average molecular weight is 575 g/mol. The van der Waals surface area contributed by atoms with Gasteiger partial charge in [0.2, 0.25) is 0 Å². The number of rotatable bonds is 6. The van der Waals surface area contributed by atoms with Crippen molar-refractivity contribution in [2.24, 2.45) is 23.7 Å². The topological polar surface area (TPSA) is 0 Å². The van der Waals surface area contributed by atoms with Crippen molar-refractivity contribution in [3.05, 3.63) is 88.3 Å². The second-order valence-electron chi connectivity index (χ2n) is 12.6. The fourth-order valence-electron chi connectivity index (χ4n) is 8.08. The Bertz CT molecular complexity index is 1230. The summed E-state index contributed by atoms with van der Waals surface area (Å²) in [5.74, 6) is -3.17. The van der Waals surface area contributed by atoms with Gasteiger partial charge in [-0.2, -0.15) is 0 Å². The fraction of sp³-hybridized carbons (Fsp3) is 0.543. The number of benzene rings is 2. The van der Waals surface area contributed by atoms with Crippen LogP contribution < -0.4 is 0 Å². The van der Waals surface area contributed by atoms with E-state index in [0.717, 1.165) is 75.6 Å². The predicted octanol–water partition coefficient (Wildman–Crippen LogP) is 11.5. The van der Waals surface area contributed by atoms with Crippen LogP contribution in [0.1, 0.15) is 112 Å². The van der Waals surface area contributed by atoms with Gasteiger partial charge in [0.1, 0.15) is 5.82 Å². The average Bonchev–Trinajstić information content (AvgIpc) is 2.99. The molecule has 0 aliphatic heterocycles. The molecule has 0 aromatic heterocycles. The molecule has 0 bridgehead atoms. The highest BCUT2D eigenvalue weighted by molar-refractivity contribution is 5.63. The second-order valence-corrected chi connectivity index (χ2v) is 12.6. The van der Waals surface area contributed by atoms with Crippen LogP contribution in [0.3, 0.4) is 0 Å². The summed E-state index contributed by atoms with van der Waals surface area (Å²) >= 11 is 0. The van der Waals surface area contributed by atoms with Gasteiger partial charge in [0.25, 0.3) is 0 Å². The number of halogens is 6. The molecule has 0 heterocycles. The summed E-state index contributed by atoms with van der Waals surface area (Å²) in [6, 6.07) is 6.55. The molecule has 0 saturated heterocycles. The van der Waals surface area contributed by atoms with E-state index in [1.165, 1.54) is 37.8 Å². The molecule has 3 aliphatic carbocycles. The van der Waals surface area contributed by atoms with Crippen molar-refractivity contribution in [3.63, 3.8) is 0 Å². The maximum atomic E-state index is 14.9. The van der Waals surface area contributed by atoms with Crippen molar-refractivity contribution >= 4 is 5.83 Å². The maximum Gasteiger partial charge on any atom is 0.194 e. The van der Waals surface area contributed by atoms with Gasteiger partial charge in [0, 0.05) is 5.56 Å². The molecule has 6 heteroatoms. The van der Waals surface area contributed by atoms with Crippen LogP contribution in [-0.4, -0.2) is 0 Å². The molecule has 0 radical (unpaired) electrons. The van der Waals surface area contributed by atoms with E-state index in [1.807, 2.05) is 0 Å². The van der Waals surface area contributed by atoms with E-state index in [-0.39, 0.29) is 17.4 Å². The van der Waals surface area contributed by atoms with Gasteiger partial charge in [-0.15, -0.1) is 0 Å². The lowest BCUT2D eigenvalue weighted by Crippen LogP contribution is -2.29. The Morgan fingerprint density at radius 3 is 1.54 bits per heavy atom. The maximum absolute atomic E-state index is 14.9. The zero-order chi connectivity index (χ0) is 29.1. The first kappa shape index (κ1) is 30.0. The Morgan fingerprint density at radius 2 is 1.07 bits per heavy atom. The molecule has 5 rings (SSSR count). The molecule has 41 heavy (non-hydrogen) atoms. The molecule has 0 atom stereocenters. The zero-order valence-corrected chi connectivity index (χ0v) is 23.8. The van der Waals surface area contributed by atoms with E-state index < -0.39 is 34.9 Å². The molecule has 3 saturated carbocycles. The van der Waals surface area contributed by atoms with E-state index in [1.54, 1.807) is 13.0 Å². The smallest absolute Gasteiger partial charge is 0.194 e. The van der Waals surface area contributed by atoms with Crippen molar-refractivity contribution in [1.82, 2.24) is 0 Å². The first-order valence-corrected chi connectivity index (χ1v) is 15.4. The van der Waals surface area contributed by atoms with Gasteiger partial charge >= 0.3 is 0 Å². The molecular weight excluding hydrogens is 534 g/mol. The van der Waals surface area contributed by atoms with Crippen molar-refractivity contribution < 1.29 is 26.3 Å². The summed E-state index contributed by atoms with van der Waals surface area (Å²) < 4.78 is 83.7. The Kier molecular flexibility index (Phi) is 9.66. The first-order valence-electron chi connectivity index (χ1n) is 15.4. The SMILES string of the molecule is C/C=C/C(F)=C(\F)c1ccc(C2CCC(C3CCC(C4CCC(c5cc(F)c(F)c(F)c5)CC4)CC3)CC2)c(F)c1. The molecule has 2 aromatic carbocycles. The van der Waals surface area contributed by atoms with Gasteiger partial charge in [-0.25, -0.2) is 26.3 Å². The van der Waals surface area contributed by atoms with E-state index in [2.05, 4.69) is 0 Å². The number of allylic oxidation sites excluding steroid dienone is 3. The van der Waals surface area contributed by atoms with Crippen LogP contribution in [0.25, 0.3) is 5.83 Å². The van der Waals surface area contributed by atoms with Gasteiger partial charge in [-0.1, -0.05) is 18.2 Å². The molecule has 3 fully saturated rings. The zero-order valence-electron chi connectivity index (χ0n) is 23.8. The van der Waals surface area contributed by atoms with Crippen LogP contribution in [0.15, 0.2) is 48.3 Å². The molecule has 2 aromatic rings. The van der Waals surface area contributed by atoms with Crippen LogP contribution in [0.5, 0.6) is 0 Å². The molecular formula is C35H40F6. The predicted molar refractivity (Wildman–Crippen MR) is 152 cm³/mol. The van der Waals surface area contributed by atoms with E-state index in [9.17, 15) is 26.3 Å². The van der Waals surface area contributed by atoms with Crippen LogP contribution in [0, 0.1) is 46.9 Å². The highest BCUT2D eigenvalue weighted by atomic mass is 19.2. The van der Waals surface area contributed by atoms with Crippen molar-refractivity contribution in [2.75, 3.05) is 0 Å². The van der Waals surface area contributed by atoms with E-state index in [0.29, 0.717) is 34.8 Å². The normalized spacial score (nSPS) is 29.9. The fourth-order valence-corrected chi connectivity index (χ4v) is 8.08. The lowest BCUT2D eigenvalue weighted by atomic mass is 9.64. The monoisotopic (exact) mass is 574 g/mol. The number of hydrogen-bond acceptors (Lipinski definition) is 0. The van der Waals surface area contributed by atoms with Crippen LogP contribution in [0.2, 0.25) is 0 Å². The highest BCUT2D eigenvalue weighted by Crippen LogP contribution is 2.48. The molecule has 0 spiro atoms. The van der Waals surface area contributed by atoms with Gasteiger partial charge in [0.05, 0.1) is 0 Å². The van der Waals surface area contributed by atoms with Gasteiger partial charge < -0.3 is 0 Å². The lowest BCUT2D eigenvalue weighted by molar-refractivity contribution is 0.116. The van der Waals surface area contributed by atoms with Gasteiger partial charge in [0.15, 0.2) is 29.1 Å². The van der Waals surface area contributed by atoms with Gasteiger partial charge in [-0.3, -0.25) is 0 Å². The molecule has 0 nitrogen and oxygen atoms in total. The first-order chi connectivity index (χ1) is 19.7. The Morgan fingerprint density at radius 1 is 0.610 bits per heavy atom. The summed E-state index contributed by atoms with van der Waals surface area (Å²) in [5.41, 5.74) is 1.12. The number of hydrogen-bond donors (Lipinski definition) is 0. The minimum Gasteiger partial charge on any atom is -0.207 e. The third-order valence-electron chi connectivity index (χ3n) is 10.4. The lowest BCUT2D eigenvalue weighted by Gasteiger charge is -2.41. The molecule has 0 N–H and O–H groups in total. The van der Waals surface area contributed by atoms with Crippen LogP contribution in [0.4, 0.5) is 26.3 Å². The largest absolute Gasteiger partial charge is 0.207 e. The van der Waals surface area contributed by atoms with Crippen molar-refractivity contribution in [2.45, 2.75) is 95.8 Å². The minimum atomic E-state index is -1.39. The summed E-state index contributed by atoms with van der Waals surface area (Å²) in [4.78, 5) is 0. The van der Waals surface area contributed by atoms with E-state index in [4.69, 9.17) is 0 Å². The van der Waals surface area contributed by atoms with Crippen LogP contribution >= 0.6 is 0 Å². The summed E-state index contributed by atoms with van der Waals surface area (Å²) in [6.45, 7) is 1.60. The summed E-state index contributed by atoms with van der Waals surface area (Å²) in [6.07, 6.45) is 15.2. The molecule has 0 unspecified atom stereocenters. The van der Waals surface area contributed by atoms with Crippen LogP contribution in [-0.2, 0) is 0 Å². The van der Waals surface area contributed by atoms with Gasteiger partial charge in [-0.05, 0) is 155 Å². The van der Waals surface area contributed by atoms with Crippen molar-refractivity contribution in [3.8, 4) is 0 Å². The Labute approximate surface area is 239 Å². The summed E-state index contributed by atoms with van der Waals surface area (Å²) in [5, 5.41) is 0. The highest BCUT2D eigenvalue weighted by Gasteiger charge is 2.35. The third-order valence-corrected chi connectivity index (χ3v) is 10.4.